The Kier molecular flexibility index (Phi) is 7.23. The zero-order chi connectivity index (χ0) is 27.7. The number of piperidine rings is 1. The number of hydrazine groups is 1. The van der Waals surface area contributed by atoms with E-state index in [4.69, 9.17) is 4.74 Å². The number of benzene rings is 1. The van der Waals surface area contributed by atoms with Crippen LogP contribution in [0.1, 0.15) is 28.9 Å². The average Bonchev–Trinajstić information content (AvgIpc) is 3.08. The minimum absolute atomic E-state index is 0.0439. The van der Waals surface area contributed by atoms with Gasteiger partial charge in [-0.25, -0.2) is 9.18 Å². The topological polar surface area (TPSA) is 124 Å². The van der Waals surface area contributed by atoms with Crippen LogP contribution in [-0.2, 0) is 20.9 Å². The molecule has 5 amide bonds. The van der Waals surface area contributed by atoms with Crippen LogP contribution in [0.15, 0.2) is 42.6 Å². The summed E-state index contributed by atoms with van der Waals surface area (Å²) < 4.78 is 44.0. The minimum Gasteiger partial charge on any atom is -0.378 e. The lowest BCUT2D eigenvalue weighted by atomic mass is 9.84. The highest BCUT2D eigenvalue weighted by Crippen LogP contribution is 2.42. The second-order valence-electron chi connectivity index (χ2n) is 9.53. The number of imide groups is 1. The van der Waals surface area contributed by atoms with Crippen LogP contribution in [-0.4, -0.2) is 82.8 Å². The molecule has 3 fully saturated rings. The number of carbonyl (C=O) groups excluding carboxylic acids is 4. The molecule has 0 atom stereocenters. The molecule has 0 unspecified atom stereocenters. The first-order chi connectivity index (χ1) is 18.7. The van der Waals surface area contributed by atoms with Gasteiger partial charge >= 0.3 is 18.4 Å². The van der Waals surface area contributed by atoms with Crippen LogP contribution in [0.4, 0.5) is 23.7 Å². The van der Waals surface area contributed by atoms with Crippen molar-refractivity contribution in [1.82, 2.24) is 25.6 Å². The number of aromatic nitrogens is 1. The van der Waals surface area contributed by atoms with Crippen molar-refractivity contribution in [3.63, 3.8) is 0 Å². The number of amides is 5. The van der Waals surface area contributed by atoms with Crippen molar-refractivity contribution in [2.24, 2.45) is 0 Å². The molecule has 0 radical (unpaired) electrons. The summed E-state index contributed by atoms with van der Waals surface area (Å²) in [6.45, 7) is 2.18. The van der Waals surface area contributed by atoms with E-state index in [0.29, 0.717) is 39.1 Å². The van der Waals surface area contributed by atoms with Crippen LogP contribution in [0.3, 0.4) is 0 Å². The number of likely N-dealkylation sites (tertiary alicyclic amines) is 1. The van der Waals surface area contributed by atoms with Gasteiger partial charge in [-0.3, -0.25) is 44.9 Å². The Hall–Kier alpha value is -4.04. The molecule has 0 saturated carbocycles. The maximum absolute atomic E-state index is 14.1. The van der Waals surface area contributed by atoms with Gasteiger partial charge < -0.3 is 4.74 Å². The van der Waals surface area contributed by atoms with Crippen LogP contribution < -0.4 is 15.8 Å². The monoisotopic (exact) mass is 546 g/mol. The second kappa shape index (κ2) is 10.6. The van der Waals surface area contributed by atoms with Gasteiger partial charge in [-0.2, -0.15) is 8.78 Å². The summed E-state index contributed by atoms with van der Waals surface area (Å²) in [5.41, 5.74) is 2.76. The molecule has 1 spiro atoms. The summed E-state index contributed by atoms with van der Waals surface area (Å²) >= 11 is 0. The SMILES string of the molecule is O=C(NNC(=O)C(F)F)c1ccc(CN2C(=O)N(c3cccc(F)c3)C3(CCN(C4COC4)CC3)C2=O)nc1. The molecule has 39 heavy (non-hydrogen) atoms. The van der Waals surface area contributed by atoms with E-state index >= 15 is 0 Å². The van der Waals surface area contributed by atoms with Crippen LogP contribution in [0.2, 0.25) is 0 Å². The van der Waals surface area contributed by atoms with Crippen molar-refractivity contribution in [1.29, 1.82) is 0 Å². The standard InChI is InChI=1S/C25H25F3N6O5/c26-16-2-1-3-18(10-16)34-24(38)33(23(37)25(34)6-8-32(9-7-25)19-13-39-14-19)12-17-5-4-15(11-29-17)21(35)30-31-22(36)20(27)28/h1-5,10-11,19-20H,6-9,12-14H2,(H,30,35)(H,31,36). The molecule has 2 N–H and O–H groups in total. The summed E-state index contributed by atoms with van der Waals surface area (Å²) in [7, 11) is 0. The Balaban J connectivity index is 1.34. The van der Waals surface area contributed by atoms with Crippen LogP contribution in [0.25, 0.3) is 0 Å². The number of carbonyl (C=O) groups is 4. The van der Waals surface area contributed by atoms with Crippen molar-refractivity contribution >= 4 is 29.4 Å². The summed E-state index contributed by atoms with van der Waals surface area (Å²) in [4.78, 5) is 59.3. The zero-order valence-electron chi connectivity index (χ0n) is 20.6. The smallest absolute Gasteiger partial charge is 0.332 e. The number of halogens is 3. The van der Waals surface area contributed by atoms with Gasteiger partial charge in [-0.05, 0) is 43.2 Å². The molecule has 11 nitrogen and oxygen atoms in total. The zero-order valence-corrected chi connectivity index (χ0v) is 20.6. The van der Waals surface area contributed by atoms with E-state index in [1.54, 1.807) is 11.5 Å². The van der Waals surface area contributed by atoms with Gasteiger partial charge in [0.2, 0.25) is 0 Å². The maximum Gasteiger partial charge on any atom is 0.332 e. The lowest BCUT2D eigenvalue weighted by molar-refractivity contribution is -0.134. The van der Waals surface area contributed by atoms with Crippen molar-refractivity contribution in [2.45, 2.75) is 37.4 Å². The third-order valence-corrected chi connectivity index (χ3v) is 7.23. The van der Waals surface area contributed by atoms with Crippen molar-refractivity contribution in [3.05, 3.63) is 59.7 Å². The van der Waals surface area contributed by atoms with Crippen LogP contribution in [0.5, 0.6) is 0 Å². The van der Waals surface area contributed by atoms with E-state index in [-0.39, 0.29) is 29.5 Å². The molecular weight excluding hydrogens is 521 g/mol. The average molecular weight is 547 g/mol. The number of nitrogens with zero attached hydrogens (tertiary/aromatic N) is 4. The highest BCUT2D eigenvalue weighted by Gasteiger charge is 2.59. The van der Waals surface area contributed by atoms with Crippen LogP contribution in [0, 0.1) is 5.82 Å². The van der Waals surface area contributed by atoms with Gasteiger partial charge in [0.15, 0.2) is 0 Å². The van der Waals surface area contributed by atoms with Gasteiger partial charge in [0.1, 0.15) is 11.4 Å². The molecule has 0 bridgehead atoms. The Morgan fingerprint density at radius 3 is 2.44 bits per heavy atom. The van der Waals surface area contributed by atoms with E-state index < -0.39 is 41.5 Å². The third kappa shape index (κ3) is 5.04. The first kappa shape index (κ1) is 26.6. The van der Waals surface area contributed by atoms with E-state index in [9.17, 15) is 32.3 Å². The molecule has 14 heteroatoms. The van der Waals surface area contributed by atoms with Crippen LogP contribution >= 0.6 is 0 Å². The quantitative estimate of drug-likeness (QED) is 0.415. The fraction of sp³-hybridized carbons (Fsp3) is 0.400. The number of anilines is 1. The third-order valence-electron chi connectivity index (χ3n) is 7.23. The molecule has 3 aliphatic rings. The molecule has 4 heterocycles. The van der Waals surface area contributed by atoms with E-state index in [1.807, 2.05) is 5.43 Å². The number of pyridine rings is 1. The number of rotatable bonds is 6. The van der Waals surface area contributed by atoms with Crippen molar-refractivity contribution in [2.75, 3.05) is 31.2 Å². The molecule has 5 rings (SSSR count). The van der Waals surface area contributed by atoms with Gasteiger partial charge in [0, 0.05) is 25.0 Å². The summed E-state index contributed by atoms with van der Waals surface area (Å²) in [5.74, 6) is -3.50. The van der Waals surface area contributed by atoms with E-state index in [1.165, 1.54) is 35.2 Å². The second-order valence-corrected chi connectivity index (χ2v) is 9.53. The number of nitrogens with one attached hydrogen (secondary N) is 2. The highest BCUT2D eigenvalue weighted by molar-refractivity contribution is 6.16. The molecule has 3 aliphatic heterocycles. The molecule has 0 aliphatic carbocycles. The van der Waals surface area contributed by atoms with E-state index in [0.717, 1.165) is 11.1 Å². The fourth-order valence-corrected chi connectivity index (χ4v) is 5.04. The number of hydrogen-bond acceptors (Lipinski definition) is 7. The summed E-state index contributed by atoms with van der Waals surface area (Å²) in [6.07, 6.45) is -1.45. The Morgan fingerprint density at radius 2 is 1.85 bits per heavy atom. The lowest BCUT2D eigenvalue weighted by Gasteiger charge is -2.46. The van der Waals surface area contributed by atoms with Crippen molar-refractivity contribution < 1.29 is 37.1 Å². The molecule has 1 aromatic heterocycles. The summed E-state index contributed by atoms with van der Waals surface area (Å²) in [5, 5.41) is 0. The normalized spacial score (nSPS) is 19.5. The predicted molar refractivity (Wildman–Crippen MR) is 129 cm³/mol. The largest absolute Gasteiger partial charge is 0.378 e. The van der Waals surface area contributed by atoms with Crippen molar-refractivity contribution in [3.8, 4) is 0 Å². The molecular formula is C25H25F3N6O5. The Morgan fingerprint density at radius 1 is 1.10 bits per heavy atom. The fourth-order valence-electron chi connectivity index (χ4n) is 5.04. The molecule has 3 saturated heterocycles. The Labute approximate surface area is 220 Å². The van der Waals surface area contributed by atoms with E-state index in [2.05, 4.69) is 9.88 Å². The number of alkyl halides is 2. The van der Waals surface area contributed by atoms with Gasteiger partial charge in [0.05, 0.1) is 37.1 Å². The minimum atomic E-state index is -3.30. The summed E-state index contributed by atoms with van der Waals surface area (Å²) in [6, 6.07) is 7.94. The molecule has 2 aromatic rings. The van der Waals surface area contributed by atoms with Gasteiger partial charge in [-0.1, -0.05) is 6.07 Å². The Bertz CT molecular complexity index is 1280. The number of ether oxygens (including phenoxy) is 1. The molecule has 206 valence electrons. The predicted octanol–water partition coefficient (Wildman–Crippen LogP) is 1.45. The van der Waals surface area contributed by atoms with Gasteiger partial charge in [0.25, 0.3) is 11.8 Å². The lowest BCUT2D eigenvalue weighted by Crippen LogP contribution is -2.60. The first-order valence-corrected chi connectivity index (χ1v) is 12.3. The maximum atomic E-state index is 14.1. The number of urea groups is 1. The van der Waals surface area contributed by atoms with Gasteiger partial charge in [-0.15, -0.1) is 0 Å². The number of hydrogen-bond donors (Lipinski definition) is 2. The highest BCUT2D eigenvalue weighted by atomic mass is 19.3. The first-order valence-electron chi connectivity index (χ1n) is 12.3. The molecule has 1 aromatic carbocycles.